The van der Waals surface area contributed by atoms with Crippen LogP contribution in [0, 0.1) is 5.82 Å². The molecular weight excluding hydrogens is 212 g/mol. The molecule has 0 heterocycles. The smallest absolute Gasteiger partial charge is 0.128 e. The van der Waals surface area contributed by atoms with Gasteiger partial charge in [0.2, 0.25) is 0 Å². The van der Waals surface area contributed by atoms with E-state index in [1.54, 1.807) is 0 Å². The molecule has 2 N–H and O–H groups in total. The van der Waals surface area contributed by atoms with E-state index in [0.29, 0.717) is 5.75 Å². The second kappa shape index (κ2) is 5.78. The number of ether oxygens (including phenoxy) is 1. The molecule has 5 heteroatoms. The molecule has 80 valence electrons. The maximum Gasteiger partial charge on any atom is 0.128 e. The topological polar surface area (TPSA) is 35.2 Å². The summed E-state index contributed by atoms with van der Waals surface area (Å²) >= 11 is 0. The number of nitrogens with two attached hydrogens (primary N) is 1. The summed E-state index contributed by atoms with van der Waals surface area (Å²) in [5, 5.41) is 0. The second-order valence-corrected chi connectivity index (χ2v) is 2.65. The minimum absolute atomic E-state index is 0. The van der Waals surface area contributed by atoms with Crippen molar-refractivity contribution in [3.05, 3.63) is 29.6 Å². The highest BCUT2D eigenvalue weighted by Gasteiger charge is 2.11. The molecule has 1 aromatic rings. The standard InChI is InChI=1S/C9H11F2NO.ClH/c1-13-6-2-3-8(11)7(4-6)9(12)5-10;/h2-4,9H,5,12H2,1H3;1H/t9-;/m1./s1. The fraction of sp³-hybridized carbons (Fsp3) is 0.333. The fourth-order valence-corrected chi connectivity index (χ4v) is 1.02. The molecule has 0 bridgehead atoms. The highest BCUT2D eigenvalue weighted by molar-refractivity contribution is 5.85. The Kier molecular flexibility index (Phi) is 5.42. The van der Waals surface area contributed by atoms with Gasteiger partial charge in [0, 0.05) is 5.56 Å². The molecule has 0 spiro atoms. The van der Waals surface area contributed by atoms with E-state index < -0.39 is 18.5 Å². The lowest BCUT2D eigenvalue weighted by atomic mass is 10.1. The van der Waals surface area contributed by atoms with E-state index in [1.807, 2.05) is 0 Å². The molecule has 0 aliphatic rings. The molecular formula is C9H12ClF2NO. The fourth-order valence-electron chi connectivity index (χ4n) is 1.02. The van der Waals surface area contributed by atoms with Gasteiger partial charge in [0.25, 0.3) is 0 Å². The summed E-state index contributed by atoms with van der Waals surface area (Å²) < 4.78 is 30.1. The lowest BCUT2D eigenvalue weighted by Crippen LogP contribution is -2.14. The summed E-state index contributed by atoms with van der Waals surface area (Å²) in [7, 11) is 1.46. The molecule has 0 amide bonds. The van der Waals surface area contributed by atoms with E-state index in [4.69, 9.17) is 10.5 Å². The van der Waals surface area contributed by atoms with Crippen molar-refractivity contribution in [3.8, 4) is 5.75 Å². The zero-order chi connectivity index (χ0) is 9.84. The van der Waals surface area contributed by atoms with Gasteiger partial charge in [0.05, 0.1) is 13.2 Å². The number of methoxy groups -OCH3 is 1. The molecule has 0 aromatic heterocycles. The Morgan fingerprint density at radius 1 is 1.50 bits per heavy atom. The van der Waals surface area contributed by atoms with Gasteiger partial charge in [-0.15, -0.1) is 12.4 Å². The summed E-state index contributed by atoms with van der Waals surface area (Å²) in [4.78, 5) is 0. The minimum atomic E-state index is -0.921. The summed E-state index contributed by atoms with van der Waals surface area (Å²) in [6.45, 7) is -0.788. The van der Waals surface area contributed by atoms with Gasteiger partial charge in [0.15, 0.2) is 0 Å². The van der Waals surface area contributed by atoms with Crippen LogP contribution in [-0.2, 0) is 0 Å². The summed E-state index contributed by atoms with van der Waals surface area (Å²) in [5.41, 5.74) is 5.49. The minimum Gasteiger partial charge on any atom is -0.497 e. The molecule has 2 nitrogen and oxygen atoms in total. The second-order valence-electron chi connectivity index (χ2n) is 2.65. The van der Waals surface area contributed by atoms with Crippen molar-refractivity contribution in [1.29, 1.82) is 0 Å². The van der Waals surface area contributed by atoms with Crippen molar-refractivity contribution in [2.45, 2.75) is 6.04 Å². The number of alkyl halides is 1. The first-order valence-corrected chi connectivity index (χ1v) is 3.84. The normalized spacial score (nSPS) is 11.7. The first kappa shape index (κ1) is 13.1. The highest BCUT2D eigenvalue weighted by Crippen LogP contribution is 2.21. The van der Waals surface area contributed by atoms with Gasteiger partial charge >= 0.3 is 0 Å². The largest absolute Gasteiger partial charge is 0.497 e. The van der Waals surface area contributed by atoms with E-state index in [2.05, 4.69) is 0 Å². The summed E-state index contributed by atoms with van der Waals surface area (Å²) in [6, 6.07) is 3.16. The molecule has 0 aliphatic carbocycles. The van der Waals surface area contributed by atoms with Crippen LogP contribution in [-0.4, -0.2) is 13.8 Å². The van der Waals surface area contributed by atoms with Crippen molar-refractivity contribution in [2.24, 2.45) is 5.73 Å². The van der Waals surface area contributed by atoms with Crippen LogP contribution in [0.25, 0.3) is 0 Å². The average molecular weight is 224 g/mol. The van der Waals surface area contributed by atoms with Gasteiger partial charge in [0.1, 0.15) is 18.2 Å². The molecule has 0 radical (unpaired) electrons. The van der Waals surface area contributed by atoms with Gasteiger partial charge in [-0.2, -0.15) is 0 Å². The van der Waals surface area contributed by atoms with Crippen LogP contribution in [0.2, 0.25) is 0 Å². The molecule has 0 saturated carbocycles. The van der Waals surface area contributed by atoms with E-state index in [9.17, 15) is 8.78 Å². The summed E-state index contributed by atoms with van der Waals surface area (Å²) in [5.74, 6) is -0.0359. The van der Waals surface area contributed by atoms with Crippen molar-refractivity contribution < 1.29 is 13.5 Å². The van der Waals surface area contributed by atoms with E-state index in [1.165, 1.54) is 25.3 Å². The number of hydrogen-bond donors (Lipinski definition) is 1. The Morgan fingerprint density at radius 3 is 2.64 bits per heavy atom. The zero-order valence-corrected chi connectivity index (χ0v) is 8.48. The number of benzene rings is 1. The van der Waals surface area contributed by atoms with Crippen molar-refractivity contribution in [3.63, 3.8) is 0 Å². The molecule has 1 atom stereocenters. The van der Waals surface area contributed by atoms with Gasteiger partial charge in [-0.1, -0.05) is 0 Å². The predicted molar refractivity (Wildman–Crippen MR) is 53.1 cm³/mol. The van der Waals surface area contributed by atoms with Crippen LogP contribution in [0.3, 0.4) is 0 Å². The maximum atomic E-state index is 13.0. The van der Waals surface area contributed by atoms with Gasteiger partial charge in [-0.3, -0.25) is 0 Å². The highest BCUT2D eigenvalue weighted by atomic mass is 35.5. The van der Waals surface area contributed by atoms with Gasteiger partial charge < -0.3 is 10.5 Å². The Hall–Kier alpha value is -0.870. The van der Waals surface area contributed by atoms with Gasteiger partial charge in [-0.05, 0) is 18.2 Å². The SMILES string of the molecule is COc1ccc(F)c([C@H](N)CF)c1.Cl. The molecule has 0 saturated heterocycles. The van der Waals surface area contributed by atoms with Gasteiger partial charge in [-0.25, -0.2) is 8.78 Å². The lowest BCUT2D eigenvalue weighted by Gasteiger charge is -2.10. The third-order valence-corrected chi connectivity index (χ3v) is 1.77. The predicted octanol–water partition coefficient (Wildman–Crippen LogP) is 2.23. The van der Waals surface area contributed by atoms with E-state index in [0.717, 1.165) is 0 Å². The Bertz CT molecular complexity index is 296. The molecule has 0 fully saturated rings. The molecule has 0 unspecified atom stereocenters. The number of rotatable bonds is 3. The van der Waals surface area contributed by atoms with Crippen molar-refractivity contribution in [2.75, 3.05) is 13.8 Å². The van der Waals surface area contributed by atoms with Crippen LogP contribution in [0.5, 0.6) is 5.75 Å². The van der Waals surface area contributed by atoms with Crippen LogP contribution in [0.1, 0.15) is 11.6 Å². The lowest BCUT2D eigenvalue weighted by molar-refractivity contribution is 0.404. The van der Waals surface area contributed by atoms with Crippen LogP contribution >= 0.6 is 12.4 Å². The zero-order valence-electron chi connectivity index (χ0n) is 7.67. The van der Waals surface area contributed by atoms with Crippen LogP contribution < -0.4 is 10.5 Å². The number of hydrogen-bond acceptors (Lipinski definition) is 2. The van der Waals surface area contributed by atoms with Crippen molar-refractivity contribution >= 4 is 12.4 Å². The van der Waals surface area contributed by atoms with Crippen LogP contribution in [0.4, 0.5) is 8.78 Å². The Balaban J connectivity index is 0.00000169. The third kappa shape index (κ3) is 2.82. The monoisotopic (exact) mass is 223 g/mol. The molecule has 0 aliphatic heterocycles. The molecule has 14 heavy (non-hydrogen) atoms. The first-order valence-electron chi connectivity index (χ1n) is 3.84. The van der Waals surface area contributed by atoms with E-state index >= 15 is 0 Å². The quantitative estimate of drug-likeness (QED) is 0.853. The molecule has 1 aromatic carbocycles. The number of halogens is 3. The third-order valence-electron chi connectivity index (χ3n) is 1.77. The van der Waals surface area contributed by atoms with Crippen LogP contribution in [0.15, 0.2) is 18.2 Å². The Labute approximate surface area is 87.5 Å². The van der Waals surface area contributed by atoms with Crippen molar-refractivity contribution in [1.82, 2.24) is 0 Å². The Morgan fingerprint density at radius 2 is 2.14 bits per heavy atom. The summed E-state index contributed by atoms with van der Waals surface area (Å²) in [6.07, 6.45) is 0. The van der Waals surface area contributed by atoms with E-state index in [-0.39, 0.29) is 18.0 Å². The average Bonchev–Trinajstić information content (AvgIpc) is 2.17. The molecule has 1 rings (SSSR count). The first-order chi connectivity index (χ1) is 6.19. The maximum absolute atomic E-state index is 13.0.